The second kappa shape index (κ2) is 3.74. The molecule has 0 saturated carbocycles. The first-order valence-corrected chi connectivity index (χ1v) is 4.70. The summed E-state index contributed by atoms with van der Waals surface area (Å²) in [6.07, 6.45) is 1.25. The monoisotopic (exact) mass is 279 g/mol. The Balaban J connectivity index is 3.20. The van der Waals surface area contributed by atoms with Gasteiger partial charge in [0.1, 0.15) is 17.7 Å². The number of alkyl halides is 1. The molecule has 1 aromatic rings. The highest BCUT2D eigenvalue weighted by Crippen LogP contribution is 2.17. The van der Waals surface area contributed by atoms with Crippen molar-refractivity contribution < 1.29 is 4.92 Å². The first-order chi connectivity index (χ1) is 5.65. The van der Waals surface area contributed by atoms with Crippen molar-refractivity contribution in [2.24, 2.45) is 0 Å². The van der Waals surface area contributed by atoms with Crippen molar-refractivity contribution in [2.75, 3.05) is 0 Å². The molecule has 0 spiro atoms. The van der Waals surface area contributed by atoms with Crippen LogP contribution in [-0.2, 0) is 4.43 Å². The second-order valence-corrected chi connectivity index (χ2v) is 2.90. The van der Waals surface area contributed by atoms with Crippen molar-refractivity contribution in [3.8, 4) is 0 Å². The lowest BCUT2D eigenvalue weighted by Crippen LogP contribution is -1.99. The third kappa shape index (κ3) is 1.87. The Morgan fingerprint density at radius 1 is 1.75 bits per heavy atom. The Kier molecular flexibility index (Phi) is 2.90. The Bertz CT molecular complexity index is 316. The van der Waals surface area contributed by atoms with Crippen LogP contribution in [0.2, 0.25) is 0 Å². The van der Waals surface area contributed by atoms with E-state index in [1.807, 2.05) is 22.6 Å². The molecule has 0 fully saturated rings. The molecule has 6 heteroatoms. The maximum atomic E-state index is 10.4. The molecule has 0 atom stereocenters. The average Bonchev–Trinajstić information content (AvgIpc) is 2.03. The van der Waals surface area contributed by atoms with Gasteiger partial charge < -0.3 is 0 Å². The van der Waals surface area contributed by atoms with Crippen LogP contribution in [0.3, 0.4) is 0 Å². The SMILES string of the molecule is Cc1ncc([N+](=O)[O-])c(CI)n1. The summed E-state index contributed by atoms with van der Waals surface area (Å²) in [5.74, 6) is 0.562. The minimum atomic E-state index is -0.465. The molecular formula is C6H6IN3O2. The summed E-state index contributed by atoms with van der Waals surface area (Å²) in [4.78, 5) is 17.7. The van der Waals surface area contributed by atoms with Gasteiger partial charge in [-0.1, -0.05) is 22.6 Å². The zero-order chi connectivity index (χ0) is 9.14. The third-order valence-electron chi connectivity index (χ3n) is 1.29. The van der Waals surface area contributed by atoms with E-state index >= 15 is 0 Å². The Hall–Kier alpha value is -0.790. The minimum absolute atomic E-state index is 0.00463. The lowest BCUT2D eigenvalue weighted by atomic mass is 10.4. The first kappa shape index (κ1) is 9.30. The number of halogens is 1. The topological polar surface area (TPSA) is 68.9 Å². The molecule has 0 amide bonds. The minimum Gasteiger partial charge on any atom is -0.258 e. The van der Waals surface area contributed by atoms with E-state index in [9.17, 15) is 10.1 Å². The molecule has 0 N–H and O–H groups in total. The van der Waals surface area contributed by atoms with Crippen molar-refractivity contribution in [3.05, 3.63) is 27.8 Å². The molecular weight excluding hydrogens is 273 g/mol. The molecule has 0 aliphatic carbocycles. The van der Waals surface area contributed by atoms with Crippen LogP contribution in [-0.4, -0.2) is 14.9 Å². The molecule has 0 bridgehead atoms. The van der Waals surface area contributed by atoms with E-state index in [1.54, 1.807) is 6.92 Å². The van der Waals surface area contributed by atoms with Crippen LogP contribution in [0, 0.1) is 17.0 Å². The number of hydrogen-bond donors (Lipinski definition) is 0. The fraction of sp³-hybridized carbons (Fsp3) is 0.333. The largest absolute Gasteiger partial charge is 0.309 e. The van der Waals surface area contributed by atoms with E-state index in [1.165, 1.54) is 6.20 Å². The molecule has 0 radical (unpaired) electrons. The summed E-state index contributed by atoms with van der Waals surface area (Å²) >= 11 is 2.03. The number of nitro groups is 1. The van der Waals surface area contributed by atoms with Gasteiger partial charge >= 0.3 is 5.69 Å². The molecule has 0 aromatic carbocycles. The zero-order valence-electron chi connectivity index (χ0n) is 6.32. The van der Waals surface area contributed by atoms with Crippen molar-refractivity contribution in [1.29, 1.82) is 0 Å². The van der Waals surface area contributed by atoms with Crippen LogP contribution in [0.1, 0.15) is 11.5 Å². The van der Waals surface area contributed by atoms with Gasteiger partial charge in [0.15, 0.2) is 0 Å². The molecule has 5 nitrogen and oxygen atoms in total. The predicted octanol–water partition coefficient (Wildman–Crippen LogP) is 1.63. The zero-order valence-corrected chi connectivity index (χ0v) is 8.48. The molecule has 0 aliphatic rings. The fourth-order valence-electron chi connectivity index (χ4n) is 0.761. The Morgan fingerprint density at radius 3 is 2.92 bits per heavy atom. The molecule has 12 heavy (non-hydrogen) atoms. The number of nitrogens with zero attached hydrogens (tertiary/aromatic N) is 3. The maximum Gasteiger partial charge on any atom is 0.309 e. The van der Waals surface area contributed by atoms with Crippen LogP contribution in [0.15, 0.2) is 6.20 Å². The summed E-state index contributed by atoms with van der Waals surface area (Å²) < 4.78 is 0.525. The van der Waals surface area contributed by atoms with Gasteiger partial charge in [-0.2, -0.15) is 0 Å². The summed E-state index contributed by atoms with van der Waals surface area (Å²) in [6, 6.07) is 0. The summed E-state index contributed by atoms with van der Waals surface area (Å²) in [6.45, 7) is 1.71. The fourth-order valence-corrected chi connectivity index (χ4v) is 1.32. The van der Waals surface area contributed by atoms with Gasteiger partial charge in [0.25, 0.3) is 0 Å². The molecule has 0 saturated heterocycles. The molecule has 1 rings (SSSR count). The van der Waals surface area contributed by atoms with E-state index in [-0.39, 0.29) is 5.69 Å². The average molecular weight is 279 g/mol. The van der Waals surface area contributed by atoms with E-state index in [0.29, 0.717) is 15.9 Å². The van der Waals surface area contributed by atoms with E-state index in [0.717, 1.165) is 0 Å². The first-order valence-electron chi connectivity index (χ1n) is 3.18. The lowest BCUT2D eigenvalue weighted by molar-refractivity contribution is -0.386. The maximum absolute atomic E-state index is 10.4. The number of rotatable bonds is 2. The smallest absolute Gasteiger partial charge is 0.258 e. The van der Waals surface area contributed by atoms with Crippen LogP contribution < -0.4 is 0 Å². The van der Waals surface area contributed by atoms with Gasteiger partial charge in [-0.05, 0) is 6.92 Å². The number of hydrogen-bond acceptors (Lipinski definition) is 4. The number of aromatic nitrogens is 2. The van der Waals surface area contributed by atoms with Gasteiger partial charge in [-0.15, -0.1) is 0 Å². The molecule has 0 aliphatic heterocycles. The standard InChI is InChI=1S/C6H6IN3O2/c1-4-8-3-6(10(11)12)5(2-7)9-4/h3H,2H2,1H3. The van der Waals surface area contributed by atoms with Gasteiger partial charge in [0.2, 0.25) is 0 Å². The normalized spacial score (nSPS) is 9.83. The van der Waals surface area contributed by atoms with Crippen LogP contribution >= 0.6 is 22.6 Å². The highest BCUT2D eigenvalue weighted by Gasteiger charge is 2.14. The third-order valence-corrected chi connectivity index (χ3v) is 2.01. The molecule has 0 unspecified atom stereocenters. The van der Waals surface area contributed by atoms with Crippen LogP contribution in [0.4, 0.5) is 5.69 Å². The van der Waals surface area contributed by atoms with Crippen molar-refractivity contribution >= 4 is 28.3 Å². The summed E-state index contributed by atoms with van der Waals surface area (Å²) in [5, 5.41) is 10.4. The molecule has 64 valence electrons. The van der Waals surface area contributed by atoms with Crippen LogP contribution in [0.5, 0.6) is 0 Å². The van der Waals surface area contributed by atoms with Crippen molar-refractivity contribution in [1.82, 2.24) is 9.97 Å². The predicted molar refractivity (Wildman–Crippen MR) is 51.1 cm³/mol. The second-order valence-electron chi connectivity index (χ2n) is 2.14. The van der Waals surface area contributed by atoms with Crippen LogP contribution in [0.25, 0.3) is 0 Å². The van der Waals surface area contributed by atoms with Gasteiger partial charge in [-0.3, -0.25) is 10.1 Å². The van der Waals surface area contributed by atoms with Gasteiger partial charge in [0, 0.05) is 4.43 Å². The quantitative estimate of drug-likeness (QED) is 0.357. The van der Waals surface area contributed by atoms with Gasteiger partial charge in [-0.25, -0.2) is 9.97 Å². The van der Waals surface area contributed by atoms with E-state index < -0.39 is 4.92 Å². The molecule has 1 aromatic heterocycles. The highest BCUT2D eigenvalue weighted by atomic mass is 127. The van der Waals surface area contributed by atoms with Crippen molar-refractivity contribution in [2.45, 2.75) is 11.4 Å². The Labute approximate surface area is 82.5 Å². The molecule has 1 heterocycles. The van der Waals surface area contributed by atoms with E-state index in [4.69, 9.17) is 0 Å². The highest BCUT2D eigenvalue weighted by molar-refractivity contribution is 14.1. The summed E-state index contributed by atoms with van der Waals surface area (Å²) in [5.41, 5.74) is 0.475. The number of aryl methyl sites for hydroxylation is 1. The Morgan fingerprint density at radius 2 is 2.42 bits per heavy atom. The van der Waals surface area contributed by atoms with E-state index in [2.05, 4.69) is 9.97 Å². The summed E-state index contributed by atoms with van der Waals surface area (Å²) in [7, 11) is 0. The lowest BCUT2D eigenvalue weighted by Gasteiger charge is -1.97. The van der Waals surface area contributed by atoms with Crippen molar-refractivity contribution in [3.63, 3.8) is 0 Å². The van der Waals surface area contributed by atoms with Gasteiger partial charge in [0.05, 0.1) is 4.92 Å².